The number of nitrogens with one attached hydrogen (secondary N) is 2. The molecule has 2 N–H and O–H groups in total. The van der Waals surface area contributed by atoms with Gasteiger partial charge in [0.25, 0.3) is 5.91 Å². The van der Waals surface area contributed by atoms with E-state index in [0.29, 0.717) is 17.8 Å². The number of carbonyl (C=O) groups excluding carboxylic acids is 2. The third-order valence-corrected chi connectivity index (χ3v) is 6.17. The Kier molecular flexibility index (Phi) is 4.66. The van der Waals surface area contributed by atoms with Gasteiger partial charge in [0.1, 0.15) is 5.82 Å². The summed E-state index contributed by atoms with van der Waals surface area (Å²) in [6, 6.07) is 7.43. The van der Waals surface area contributed by atoms with Crippen LogP contribution in [0.25, 0.3) is 0 Å². The van der Waals surface area contributed by atoms with Crippen molar-refractivity contribution < 1.29 is 9.59 Å². The molecule has 0 spiro atoms. The van der Waals surface area contributed by atoms with Gasteiger partial charge in [-0.25, -0.2) is 4.98 Å². The molecule has 2 aromatic rings. The fourth-order valence-electron chi connectivity index (χ4n) is 3.85. The van der Waals surface area contributed by atoms with Crippen LogP contribution in [-0.2, 0) is 9.59 Å². The van der Waals surface area contributed by atoms with E-state index in [9.17, 15) is 9.59 Å². The molecule has 2 aromatic heterocycles. The Morgan fingerprint density at radius 2 is 2.11 bits per heavy atom. The summed E-state index contributed by atoms with van der Waals surface area (Å²) in [5.41, 5.74) is 4.22. The first-order chi connectivity index (χ1) is 13.1. The lowest BCUT2D eigenvalue weighted by molar-refractivity contribution is -0.116. The van der Waals surface area contributed by atoms with E-state index < -0.39 is 0 Å². The number of thiophene rings is 1. The summed E-state index contributed by atoms with van der Waals surface area (Å²) >= 11 is 1.60. The Balaban J connectivity index is 1.80. The maximum absolute atomic E-state index is 13.2. The molecular weight excluding hydrogens is 358 g/mol. The van der Waals surface area contributed by atoms with Crippen molar-refractivity contribution in [3.05, 3.63) is 68.8 Å². The number of hydrogen-bond acceptors (Lipinski definition) is 5. The predicted molar refractivity (Wildman–Crippen MR) is 106 cm³/mol. The maximum Gasteiger partial charge on any atom is 0.255 e. The third kappa shape index (κ3) is 3.21. The Morgan fingerprint density at radius 3 is 2.81 bits per heavy atom. The molecule has 0 fully saturated rings. The van der Waals surface area contributed by atoms with Gasteiger partial charge in [0, 0.05) is 40.0 Å². The number of anilines is 1. The third-order valence-electron chi connectivity index (χ3n) is 5.09. The fraction of sp³-hybridized carbons (Fsp3) is 0.286. The molecule has 0 aromatic carbocycles. The lowest BCUT2D eigenvalue weighted by Crippen LogP contribution is -2.35. The maximum atomic E-state index is 13.2. The number of allylic oxidation sites excluding steroid dienone is 3. The second kappa shape index (κ2) is 7.12. The van der Waals surface area contributed by atoms with E-state index >= 15 is 0 Å². The van der Waals surface area contributed by atoms with Crippen LogP contribution in [0.15, 0.2) is 58.4 Å². The molecule has 0 radical (unpaired) electrons. The van der Waals surface area contributed by atoms with Crippen LogP contribution in [0.1, 0.15) is 42.5 Å². The van der Waals surface area contributed by atoms with E-state index in [2.05, 4.69) is 15.6 Å². The Hall–Kier alpha value is -2.73. The molecular formula is C21H21N3O2S. The fourth-order valence-corrected chi connectivity index (χ4v) is 4.89. The van der Waals surface area contributed by atoms with Crippen LogP contribution in [0.5, 0.6) is 0 Å². The summed E-state index contributed by atoms with van der Waals surface area (Å²) < 4.78 is 0. The topological polar surface area (TPSA) is 71.1 Å². The molecule has 27 heavy (non-hydrogen) atoms. The van der Waals surface area contributed by atoms with Crippen molar-refractivity contribution in [2.75, 3.05) is 5.32 Å². The summed E-state index contributed by atoms with van der Waals surface area (Å²) in [6.45, 7) is 3.94. The molecule has 4 rings (SSSR count). The van der Waals surface area contributed by atoms with E-state index in [1.54, 1.807) is 29.7 Å². The van der Waals surface area contributed by atoms with Crippen LogP contribution < -0.4 is 10.6 Å². The SMILES string of the molecule is CC1=C(C(=O)Nc2ccccn2)[C@@H](c2sccc2C)C2=C(CCCC2=O)N1. The van der Waals surface area contributed by atoms with Gasteiger partial charge in [0.15, 0.2) is 5.78 Å². The summed E-state index contributed by atoms with van der Waals surface area (Å²) in [4.78, 5) is 31.3. The quantitative estimate of drug-likeness (QED) is 0.844. The highest BCUT2D eigenvalue weighted by molar-refractivity contribution is 7.10. The van der Waals surface area contributed by atoms with Crippen molar-refractivity contribution in [2.45, 2.75) is 39.0 Å². The normalized spacial score (nSPS) is 19.6. The number of dihydropyridines is 1. The van der Waals surface area contributed by atoms with E-state index in [-0.39, 0.29) is 17.6 Å². The number of ketones is 1. The number of hydrogen-bond donors (Lipinski definition) is 2. The van der Waals surface area contributed by atoms with Gasteiger partial charge in [0.05, 0.1) is 5.92 Å². The van der Waals surface area contributed by atoms with Crippen molar-refractivity contribution in [1.82, 2.24) is 10.3 Å². The lowest BCUT2D eigenvalue weighted by Gasteiger charge is -2.34. The standard InChI is InChI=1S/C21H21N3O2S/c1-12-9-11-27-20(12)19-17(21(26)24-16-8-3-4-10-22-16)13(2)23-14-6-5-7-15(25)18(14)19/h3-4,8-11,19,23H,5-7H2,1-2H3,(H,22,24,26)/t19-/m1/s1. The minimum absolute atomic E-state index is 0.136. The second-order valence-electron chi connectivity index (χ2n) is 6.90. The number of pyridine rings is 1. The van der Waals surface area contributed by atoms with Crippen LogP contribution in [0.3, 0.4) is 0 Å². The number of amides is 1. The monoisotopic (exact) mass is 379 g/mol. The molecule has 3 heterocycles. The summed E-state index contributed by atoms with van der Waals surface area (Å²) in [6.07, 6.45) is 3.87. The highest BCUT2D eigenvalue weighted by Gasteiger charge is 2.39. The largest absolute Gasteiger partial charge is 0.362 e. The minimum Gasteiger partial charge on any atom is -0.362 e. The van der Waals surface area contributed by atoms with Crippen molar-refractivity contribution in [1.29, 1.82) is 0 Å². The van der Waals surface area contributed by atoms with Crippen LogP contribution in [0.2, 0.25) is 0 Å². The van der Waals surface area contributed by atoms with Crippen LogP contribution >= 0.6 is 11.3 Å². The number of carbonyl (C=O) groups is 2. The number of Topliss-reactive ketones (excluding diaryl/α,β-unsaturated/α-hetero) is 1. The summed E-state index contributed by atoms with van der Waals surface area (Å²) in [7, 11) is 0. The van der Waals surface area contributed by atoms with Gasteiger partial charge >= 0.3 is 0 Å². The van der Waals surface area contributed by atoms with Gasteiger partial charge < -0.3 is 10.6 Å². The van der Waals surface area contributed by atoms with Gasteiger partial charge in [0.2, 0.25) is 0 Å². The van der Waals surface area contributed by atoms with Crippen molar-refractivity contribution >= 4 is 28.8 Å². The van der Waals surface area contributed by atoms with Gasteiger partial charge in [-0.15, -0.1) is 11.3 Å². The highest BCUT2D eigenvalue weighted by Crippen LogP contribution is 2.44. The van der Waals surface area contributed by atoms with Crippen molar-refractivity contribution in [3.63, 3.8) is 0 Å². The van der Waals surface area contributed by atoms with Crippen molar-refractivity contribution in [3.8, 4) is 0 Å². The van der Waals surface area contributed by atoms with Gasteiger partial charge in [-0.2, -0.15) is 0 Å². The first-order valence-electron chi connectivity index (χ1n) is 9.06. The van der Waals surface area contributed by atoms with Gasteiger partial charge in [-0.05, 0) is 55.8 Å². The summed E-state index contributed by atoms with van der Waals surface area (Å²) in [5, 5.41) is 8.24. The molecule has 2 aliphatic rings. The Bertz CT molecular complexity index is 972. The summed E-state index contributed by atoms with van der Waals surface area (Å²) in [5.74, 6) is 0.0931. The molecule has 1 aliphatic heterocycles. The number of nitrogens with zero attached hydrogens (tertiary/aromatic N) is 1. The van der Waals surface area contributed by atoms with Crippen molar-refractivity contribution in [2.24, 2.45) is 0 Å². The van der Waals surface area contributed by atoms with Crippen LogP contribution in [-0.4, -0.2) is 16.7 Å². The van der Waals surface area contributed by atoms with Gasteiger partial charge in [-0.3, -0.25) is 9.59 Å². The predicted octanol–water partition coefficient (Wildman–Crippen LogP) is 4.06. The molecule has 1 amide bonds. The molecule has 5 nitrogen and oxygen atoms in total. The average molecular weight is 379 g/mol. The molecule has 0 bridgehead atoms. The second-order valence-corrected chi connectivity index (χ2v) is 7.85. The van der Waals surface area contributed by atoms with E-state index in [1.165, 1.54) is 0 Å². The Morgan fingerprint density at radius 1 is 1.26 bits per heavy atom. The van der Waals surface area contributed by atoms with Gasteiger partial charge in [-0.1, -0.05) is 6.07 Å². The smallest absolute Gasteiger partial charge is 0.255 e. The molecule has 1 atom stereocenters. The van der Waals surface area contributed by atoms with Crippen LogP contribution in [0.4, 0.5) is 5.82 Å². The zero-order valence-electron chi connectivity index (χ0n) is 15.3. The van der Waals surface area contributed by atoms with E-state index in [4.69, 9.17) is 0 Å². The molecule has 1 aliphatic carbocycles. The zero-order valence-corrected chi connectivity index (χ0v) is 16.2. The number of rotatable bonds is 3. The molecule has 0 saturated carbocycles. The van der Waals surface area contributed by atoms with E-state index in [0.717, 1.165) is 40.2 Å². The van der Waals surface area contributed by atoms with Crippen LogP contribution in [0, 0.1) is 6.92 Å². The minimum atomic E-state index is -0.322. The molecule has 138 valence electrons. The van der Waals surface area contributed by atoms with E-state index in [1.807, 2.05) is 31.4 Å². The first-order valence-corrected chi connectivity index (χ1v) is 9.94. The average Bonchev–Trinajstić information content (AvgIpc) is 3.07. The zero-order chi connectivity index (χ0) is 19.0. The molecule has 0 unspecified atom stereocenters. The highest BCUT2D eigenvalue weighted by atomic mass is 32.1. The molecule has 6 heteroatoms. The molecule has 0 saturated heterocycles. The lowest BCUT2D eigenvalue weighted by atomic mass is 9.77. The number of aryl methyl sites for hydroxylation is 1. The Labute approximate surface area is 162 Å². The number of aromatic nitrogens is 1. The first kappa shape index (κ1) is 17.7.